The molecule has 1 aliphatic heterocycles. The third-order valence-electron chi connectivity index (χ3n) is 8.21. The van der Waals surface area contributed by atoms with Gasteiger partial charge in [-0.25, -0.2) is 4.79 Å². The first-order valence-electron chi connectivity index (χ1n) is 14.3. The zero-order chi connectivity index (χ0) is 27.9. The number of nitrogens with zero attached hydrogens (tertiary/aromatic N) is 1. The van der Waals surface area contributed by atoms with E-state index in [-0.39, 0.29) is 30.3 Å². The number of likely N-dealkylation sites (tertiary alicyclic amines) is 1. The lowest BCUT2D eigenvalue weighted by atomic mass is 9.76. The first-order chi connectivity index (χ1) is 19.6. The second-order valence-electron chi connectivity index (χ2n) is 10.7. The van der Waals surface area contributed by atoms with Crippen molar-refractivity contribution in [1.82, 2.24) is 15.5 Å². The lowest BCUT2D eigenvalue weighted by Gasteiger charge is -2.34. The normalized spacial score (nSPS) is 22.9. The standard InChI is InChI=1S/C34H37N3O3/c1-2-23-35-33(39)31-28(24-15-7-3-8-16-24)29(32(38)26-19-11-5-12-20-26)30(25-17-9-4-10-18-25)37(31)34(40)36-27-21-13-6-14-22-27/h2-5,7-12,15-20,27-31H,1,6,13-14,21-23H2,(H,35,39)(H,36,40). The number of ketones is 1. The highest BCUT2D eigenvalue weighted by atomic mass is 16.2. The minimum Gasteiger partial charge on any atom is -0.351 e. The van der Waals surface area contributed by atoms with Crippen LogP contribution in [0.4, 0.5) is 4.79 Å². The van der Waals surface area contributed by atoms with Gasteiger partial charge in [0.1, 0.15) is 6.04 Å². The summed E-state index contributed by atoms with van der Waals surface area (Å²) in [6, 6.07) is 26.7. The molecule has 1 saturated carbocycles. The van der Waals surface area contributed by atoms with Gasteiger partial charge in [-0.15, -0.1) is 6.58 Å². The van der Waals surface area contributed by atoms with Crippen LogP contribution in [0.2, 0.25) is 0 Å². The van der Waals surface area contributed by atoms with Gasteiger partial charge >= 0.3 is 6.03 Å². The van der Waals surface area contributed by atoms with Crippen molar-refractivity contribution in [3.63, 3.8) is 0 Å². The summed E-state index contributed by atoms with van der Waals surface area (Å²) < 4.78 is 0. The van der Waals surface area contributed by atoms with E-state index in [4.69, 9.17) is 0 Å². The Balaban J connectivity index is 1.68. The number of carbonyl (C=O) groups excluding carboxylic acids is 3. The molecule has 0 aromatic heterocycles. The molecule has 5 rings (SSSR count). The lowest BCUT2D eigenvalue weighted by molar-refractivity contribution is -0.125. The van der Waals surface area contributed by atoms with Crippen LogP contribution in [0, 0.1) is 5.92 Å². The maximum absolute atomic E-state index is 14.4. The summed E-state index contributed by atoms with van der Waals surface area (Å²) in [6.07, 6.45) is 6.75. The van der Waals surface area contributed by atoms with Crippen molar-refractivity contribution in [3.8, 4) is 0 Å². The van der Waals surface area contributed by atoms with Gasteiger partial charge < -0.3 is 15.5 Å². The third kappa shape index (κ3) is 5.71. The van der Waals surface area contributed by atoms with E-state index in [0.29, 0.717) is 5.56 Å². The van der Waals surface area contributed by atoms with Crippen LogP contribution >= 0.6 is 0 Å². The number of rotatable bonds is 8. The van der Waals surface area contributed by atoms with Gasteiger partial charge in [0.05, 0.1) is 12.0 Å². The monoisotopic (exact) mass is 535 g/mol. The Morgan fingerprint density at radius 1 is 0.800 bits per heavy atom. The van der Waals surface area contributed by atoms with Crippen LogP contribution in [0.25, 0.3) is 0 Å². The predicted octanol–water partition coefficient (Wildman–Crippen LogP) is 6.04. The molecule has 1 heterocycles. The van der Waals surface area contributed by atoms with Gasteiger partial charge in [-0.2, -0.15) is 0 Å². The van der Waals surface area contributed by atoms with Crippen molar-refractivity contribution in [3.05, 3.63) is 120 Å². The highest BCUT2D eigenvalue weighted by Crippen LogP contribution is 2.51. The number of hydrogen-bond acceptors (Lipinski definition) is 3. The molecule has 6 nitrogen and oxygen atoms in total. The van der Waals surface area contributed by atoms with Crippen molar-refractivity contribution >= 4 is 17.7 Å². The highest BCUT2D eigenvalue weighted by molar-refractivity contribution is 6.01. The SMILES string of the molecule is C=CCNC(=O)C1C(c2ccccc2)C(C(=O)c2ccccc2)C(c2ccccc2)N1C(=O)NC1CCCCC1. The van der Waals surface area contributed by atoms with Crippen LogP contribution in [0.1, 0.15) is 65.5 Å². The van der Waals surface area contributed by atoms with Gasteiger partial charge in [0.2, 0.25) is 5.91 Å². The average Bonchev–Trinajstić information content (AvgIpc) is 3.38. The van der Waals surface area contributed by atoms with Crippen LogP contribution in [-0.4, -0.2) is 41.2 Å². The van der Waals surface area contributed by atoms with Crippen LogP contribution in [0.5, 0.6) is 0 Å². The summed E-state index contributed by atoms with van der Waals surface area (Å²) in [6.45, 7) is 4.02. The molecule has 2 fully saturated rings. The van der Waals surface area contributed by atoms with E-state index in [2.05, 4.69) is 17.2 Å². The summed E-state index contributed by atoms with van der Waals surface area (Å²) in [5.74, 6) is -1.61. The molecule has 206 valence electrons. The van der Waals surface area contributed by atoms with Gasteiger partial charge in [0, 0.05) is 24.1 Å². The second-order valence-corrected chi connectivity index (χ2v) is 10.7. The number of urea groups is 1. The van der Waals surface area contributed by atoms with E-state index >= 15 is 0 Å². The molecule has 2 aliphatic rings. The Morgan fingerprint density at radius 2 is 1.38 bits per heavy atom. The van der Waals surface area contributed by atoms with E-state index in [9.17, 15) is 14.4 Å². The number of amides is 3. The number of nitrogens with one attached hydrogen (secondary N) is 2. The van der Waals surface area contributed by atoms with Crippen molar-refractivity contribution in [2.75, 3.05) is 6.54 Å². The summed E-state index contributed by atoms with van der Waals surface area (Å²) in [7, 11) is 0. The Hall–Kier alpha value is -4.19. The third-order valence-corrected chi connectivity index (χ3v) is 8.21. The minimum atomic E-state index is -0.895. The zero-order valence-electron chi connectivity index (χ0n) is 22.7. The van der Waals surface area contributed by atoms with Crippen molar-refractivity contribution in [2.45, 2.75) is 56.1 Å². The Kier molecular flexibility index (Phi) is 8.74. The van der Waals surface area contributed by atoms with E-state index < -0.39 is 23.9 Å². The molecule has 0 radical (unpaired) electrons. The molecule has 3 amide bonds. The molecule has 0 spiro atoms. The first-order valence-corrected chi connectivity index (χ1v) is 14.3. The summed E-state index contributed by atoms with van der Waals surface area (Å²) >= 11 is 0. The number of benzene rings is 3. The fraction of sp³-hybridized carbons (Fsp3) is 0.324. The molecule has 1 aliphatic carbocycles. The van der Waals surface area contributed by atoms with Crippen molar-refractivity contribution in [1.29, 1.82) is 0 Å². The topological polar surface area (TPSA) is 78.5 Å². The molecule has 0 bridgehead atoms. The van der Waals surface area contributed by atoms with Crippen LogP contribution in [0.3, 0.4) is 0 Å². The van der Waals surface area contributed by atoms with E-state index in [1.54, 1.807) is 11.0 Å². The van der Waals surface area contributed by atoms with Crippen LogP contribution in [-0.2, 0) is 4.79 Å². The van der Waals surface area contributed by atoms with E-state index in [1.807, 2.05) is 91.0 Å². The quantitative estimate of drug-likeness (QED) is 0.273. The zero-order valence-corrected chi connectivity index (χ0v) is 22.7. The molecule has 3 aromatic carbocycles. The molecule has 4 unspecified atom stereocenters. The minimum absolute atomic E-state index is 0.0496. The number of carbonyl (C=O) groups is 3. The van der Waals surface area contributed by atoms with Gasteiger partial charge in [0.25, 0.3) is 0 Å². The molecule has 3 aromatic rings. The molecule has 1 saturated heterocycles. The molecule has 40 heavy (non-hydrogen) atoms. The van der Waals surface area contributed by atoms with Crippen LogP contribution in [0.15, 0.2) is 104 Å². The van der Waals surface area contributed by atoms with Gasteiger partial charge in [-0.1, -0.05) is 116 Å². The molecule has 6 heteroatoms. The fourth-order valence-corrected chi connectivity index (χ4v) is 6.41. The highest BCUT2D eigenvalue weighted by Gasteiger charge is 2.57. The van der Waals surface area contributed by atoms with E-state index in [0.717, 1.165) is 36.8 Å². The average molecular weight is 536 g/mol. The predicted molar refractivity (Wildman–Crippen MR) is 157 cm³/mol. The summed E-state index contributed by atoms with van der Waals surface area (Å²) in [5.41, 5.74) is 2.24. The maximum atomic E-state index is 14.4. The van der Waals surface area contributed by atoms with Crippen LogP contribution < -0.4 is 10.6 Å². The van der Waals surface area contributed by atoms with Crippen molar-refractivity contribution in [2.24, 2.45) is 5.92 Å². The second kappa shape index (κ2) is 12.8. The number of Topliss-reactive ketones (excluding diaryl/α,β-unsaturated/α-hetero) is 1. The van der Waals surface area contributed by atoms with E-state index in [1.165, 1.54) is 6.42 Å². The molecule has 2 N–H and O–H groups in total. The first kappa shape index (κ1) is 27.4. The van der Waals surface area contributed by atoms with Gasteiger partial charge in [0.15, 0.2) is 5.78 Å². The Morgan fingerprint density at radius 3 is 1.98 bits per heavy atom. The largest absolute Gasteiger partial charge is 0.351 e. The smallest absolute Gasteiger partial charge is 0.318 e. The molecular formula is C34H37N3O3. The summed E-state index contributed by atoms with van der Waals surface area (Å²) in [5, 5.41) is 6.19. The van der Waals surface area contributed by atoms with Gasteiger partial charge in [-0.3, -0.25) is 9.59 Å². The Bertz CT molecular complexity index is 1310. The number of hydrogen-bond donors (Lipinski definition) is 2. The lowest BCUT2D eigenvalue weighted by Crippen LogP contribution is -2.53. The Labute approximate surface area is 236 Å². The molecule has 4 atom stereocenters. The fourth-order valence-electron chi connectivity index (χ4n) is 6.41. The maximum Gasteiger partial charge on any atom is 0.318 e. The van der Waals surface area contributed by atoms with Crippen molar-refractivity contribution < 1.29 is 14.4 Å². The van der Waals surface area contributed by atoms with Gasteiger partial charge in [-0.05, 0) is 24.0 Å². The summed E-state index contributed by atoms with van der Waals surface area (Å²) in [4.78, 5) is 44.4. The molecular weight excluding hydrogens is 498 g/mol.